The summed E-state index contributed by atoms with van der Waals surface area (Å²) in [5.74, 6) is -0.0954. The van der Waals surface area contributed by atoms with Gasteiger partial charge in [0.2, 0.25) is 5.91 Å². The third-order valence-electron chi connectivity index (χ3n) is 1.04. The van der Waals surface area contributed by atoms with Crippen LogP contribution in [0, 0.1) is 0 Å². The zero-order chi connectivity index (χ0) is 8.27. The van der Waals surface area contributed by atoms with Crippen molar-refractivity contribution in [1.82, 2.24) is 4.98 Å². The molecule has 0 aliphatic carbocycles. The predicted molar refractivity (Wildman–Crippen MR) is 46.0 cm³/mol. The van der Waals surface area contributed by atoms with Gasteiger partial charge in [0.05, 0.1) is 6.20 Å². The average Bonchev–Trinajstić information content (AvgIpc) is 2.34. The van der Waals surface area contributed by atoms with Crippen molar-refractivity contribution in [3.8, 4) is 0 Å². The van der Waals surface area contributed by atoms with Crippen molar-refractivity contribution >= 4 is 27.4 Å². The Labute approximate surface area is 68.6 Å². The first-order valence-electron chi connectivity index (χ1n) is 3.13. The monoisotopic (exact) mass is 171 g/mol. The lowest BCUT2D eigenvalue weighted by atomic mass is 10.7. The maximum absolute atomic E-state index is 10.5. The third-order valence-corrected chi connectivity index (χ3v) is 1.97. The van der Waals surface area contributed by atoms with Gasteiger partial charge in [-0.2, -0.15) is 0 Å². The van der Waals surface area contributed by atoms with Gasteiger partial charge in [-0.15, -0.1) is 0 Å². The summed E-state index contributed by atoms with van der Waals surface area (Å²) in [7, 11) is 1.81. The number of carbonyl (C=O) groups is 1. The molecule has 0 spiro atoms. The zero-order valence-corrected chi connectivity index (χ0v) is 7.16. The Bertz CT molecular complexity index is 258. The summed E-state index contributed by atoms with van der Waals surface area (Å²) in [4.78, 5) is 14.5. The molecule has 0 aliphatic heterocycles. The third kappa shape index (κ3) is 2.19. The van der Waals surface area contributed by atoms with E-state index in [-0.39, 0.29) is 5.91 Å². The normalized spacial score (nSPS) is 9.27. The van der Waals surface area contributed by atoms with Crippen molar-refractivity contribution in [2.24, 2.45) is 0 Å². The lowest BCUT2D eigenvalue weighted by molar-refractivity contribution is -0.114. The van der Waals surface area contributed by atoms with Crippen LogP contribution in [-0.4, -0.2) is 17.9 Å². The number of aromatic nitrogens is 1. The van der Waals surface area contributed by atoms with Gasteiger partial charge in [0.15, 0.2) is 5.13 Å². The van der Waals surface area contributed by atoms with Crippen LogP contribution in [0.25, 0.3) is 0 Å². The first-order chi connectivity index (χ1) is 5.22. The second-order valence-electron chi connectivity index (χ2n) is 1.96. The minimum absolute atomic E-state index is 0.0954. The van der Waals surface area contributed by atoms with Crippen LogP contribution in [0.15, 0.2) is 6.20 Å². The Morgan fingerprint density at radius 1 is 1.73 bits per heavy atom. The first kappa shape index (κ1) is 8.00. The SMILES string of the molecule is CNc1cnc(NC(C)=O)s1. The topological polar surface area (TPSA) is 54.0 Å². The molecule has 0 saturated carbocycles. The fourth-order valence-electron chi connectivity index (χ4n) is 0.598. The molecule has 2 N–H and O–H groups in total. The van der Waals surface area contributed by atoms with E-state index in [1.165, 1.54) is 18.3 Å². The van der Waals surface area contributed by atoms with E-state index in [2.05, 4.69) is 15.6 Å². The van der Waals surface area contributed by atoms with Gasteiger partial charge in [0.25, 0.3) is 0 Å². The number of carbonyl (C=O) groups excluding carboxylic acids is 1. The van der Waals surface area contributed by atoms with Crippen LogP contribution < -0.4 is 10.6 Å². The molecule has 11 heavy (non-hydrogen) atoms. The van der Waals surface area contributed by atoms with Gasteiger partial charge in [0, 0.05) is 14.0 Å². The Morgan fingerprint density at radius 2 is 2.45 bits per heavy atom. The van der Waals surface area contributed by atoms with Crippen LogP contribution >= 0.6 is 11.3 Å². The largest absolute Gasteiger partial charge is 0.379 e. The molecular formula is C6H9N3OS. The van der Waals surface area contributed by atoms with Crippen molar-refractivity contribution in [2.45, 2.75) is 6.92 Å². The van der Waals surface area contributed by atoms with E-state index in [1.807, 2.05) is 7.05 Å². The smallest absolute Gasteiger partial charge is 0.223 e. The van der Waals surface area contributed by atoms with Crippen LogP contribution in [0.5, 0.6) is 0 Å². The lowest BCUT2D eigenvalue weighted by Gasteiger charge is -1.92. The fourth-order valence-corrected chi connectivity index (χ4v) is 1.31. The number of hydrogen-bond acceptors (Lipinski definition) is 4. The molecular weight excluding hydrogens is 162 g/mol. The van der Waals surface area contributed by atoms with Gasteiger partial charge in [-0.3, -0.25) is 4.79 Å². The molecule has 1 rings (SSSR count). The molecule has 0 aliphatic rings. The molecule has 1 aromatic heterocycles. The molecule has 0 saturated heterocycles. The first-order valence-corrected chi connectivity index (χ1v) is 3.95. The average molecular weight is 171 g/mol. The van der Waals surface area contributed by atoms with E-state index in [9.17, 15) is 4.79 Å². The van der Waals surface area contributed by atoms with E-state index in [0.29, 0.717) is 5.13 Å². The second-order valence-corrected chi connectivity index (χ2v) is 2.99. The fraction of sp³-hybridized carbons (Fsp3) is 0.333. The number of rotatable bonds is 2. The van der Waals surface area contributed by atoms with E-state index in [0.717, 1.165) is 5.00 Å². The summed E-state index contributed by atoms with van der Waals surface area (Å²) in [6.07, 6.45) is 1.68. The Kier molecular flexibility index (Phi) is 2.43. The predicted octanol–water partition coefficient (Wildman–Crippen LogP) is 1.14. The quantitative estimate of drug-likeness (QED) is 0.701. The van der Waals surface area contributed by atoms with Gasteiger partial charge >= 0.3 is 0 Å². The Balaban J connectivity index is 2.65. The van der Waals surface area contributed by atoms with E-state index in [1.54, 1.807) is 6.20 Å². The van der Waals surface area contributed by atoms with E-state index >= 15 is 0 Å². The second kappa shape index (κ2) is 3.34. The summed E-state index contributed by atoms with van der Waals surface area (Å²) in [6, 6.07) is 0. The highest BCUT2D eigenvalue weighted by molar-refractivity contribution is 7.19. The summed E-state index contributed by atoms with van der Waals surface area (Å²) in [5, 5.41) is 7.08. The highest BCUT2D eigenvalue weighted by atomic mass is 32.1. The van der Waals surface area contributed by atoms with Crippen molar-refractivity contribution in [3.05, 3.63) is 6.20 Å². The molecule has 0 radical (unpaired) electrons. The molecule has 0 aromatic carbocycles. The van der Waals surface area contributed by atoms with E-state index in [4.69, 9.17) is 0 Å². The molecule has 1 amide bonds. The van der Waals surface area contributed by atoms with Crippen LogP contribution in [-0.2, 0) is 4.79 Å². The standard InChI is InChI=1S/C6H9N3OS/c1-4(10)9-6-8-3-5(7-2)11-6/h3,7H,1-2H3,(H,8,9,10). The van der Waals surface area contributed by atoms with Crippen LogP contribution in [0.1, 0.15) is 6.92 Å². The lowest BCUT2D eigenvalue weighted by Crippen LogP contribution is -2.04. The van der Waals surface area contributed by atoms with Crippen LogP contribution in [0.4, 0.5) is 10.1 Å². The molecule has 1 aromatic rings. The molecule has 60 valence electrons. The molecule has 0 fully saturated rings. The highest BCUT2D eigenvalue weighted by Gasteiger charge is 2.00. The maximum atomic E-state index is 10.5. The molecule has 0 atom stereocenters. The molecule has 1 heterocycles. The zero-order valence-electron chi connectivity index (χ0n) is 6.34. The molecule has 4 nitrogen and oxygen atoms in total. The Morgan fingerprint density at radius 3 is 2.91 bits per heavy atom. The molecule has 5 heteroatoms. The van der Waals surface area contributed by atoms with Gasteiger partial charge in [-0.05, 0) is 0 Å². The molecule has 0 bridgehead atoms. The number of thiazole rings is 1. The van der Waals surface area contributed by atoms with Crippen molar-refractivity contribution < 1.29 is 4.79 Å². The number of amides is 1. The number of nitrogens with zero attached hydrogens (tertiary/aromatic N) is 1. The van der Waals surface area contributed by atoms with Crippen molar-refractivity contribution in [2.75, 3.05) is 17.7 Å². The van der Waals surface area contributed by atoms with Crippen LogP contribution in [0.3, 0.4) is 0 Å². The summed E-state index contributed by atoms with van der Waals surface area (Å²) in [5.41, 5.74) is 0. The van der Waals surface area contributed by atoms with Crippen LogP contribution in [0.2, 0.25) is 0 Å². The van der Waals surface area contributed by atoms with Gasteiger partial charge < -0.3 is 10.6 Å². The van der Waals surface area contributed by atoms with Gasteiger partial charge in [-0.25, -0.2) is 4.98 Å². The Hall–Kier alpha value is -1.10. The summed E-state index contributed by atoms with van der Waals surface area (Å²) >= 11 is 1.41. The van der Waals surface area contributed by atoms with Crippen molar-refractivity contribution in [1.29, 1.82) is 0 Å². The van der Waals surface area contributed by atoms with Gasteiger partial charge in [0.1, 0.15) is 5.00 Å². The number of nitrogens with one attached hydrogen (secondary N) is 2. The van der Waals surface area contributed by atoms with Crippen molar-refractivity contribution in [3.63, 3.8) is 0 Å². The number of anilines is 2. The summed E-state index contributed by atoms with van der Waals surface area (Å²) < 4.78 is 0. The minimum Gasteiger partial charge on any atom is -0.379 e. The summed E-state index contributed by atoms with van der Waals surface area (Å²) in [6.45, 7) is 1.46. The maximum Gasteiger partial charge on any atom is 0.223 e. The van der Waals surface area contributed by atoms with Gasteiger partial charge in [-0.1, -0.05) is 11.3 Å². The highest BCUT2D eigenvalue weighted by Crippen LogP contribution is 2.21. The molecule has 0 unspecified atom stereocenters. The van der Waals surface area contributed by atoms with E-state index < -0.39 is 0 Å². The minimum atomic E-state index is -0.0954. The number of hydrogen-bond donors (Lipinski definition) is 2.